The van der Waals surface area contributed by atoms with Gasteiger partial charge < -0.3 is 4.74 Å². The Bertz CT molecular complexity index is 914. The molecule has 4 nitrogen and oxygen atoms in total. The second-order valence-electron chi connectivity index (χ2n) is 6.97. The second kappa shape index (κ2) is 8.81. The summed E-state index contributed by atoms with van der Waals surface area (Å²) in [5.41, 5.74) is 0.322. The van der Waals surface area contributed by atoms with Crippen LogP contribution < -0.4 is 4.72 Å². The van der Waals surface area contributed by atoms with Crippen LogP contribution in [-0.2, 0) is 14.8 Å². The van der Waals surface area contributed by atoms with Crippen molar-refractivity contribution in [3.05, 3.63) is 70.4 Å². The van der Waals surface area contributed by atoms with E-state index in [4.69, 9.17) is 4.74 Å². The molecule has 0 radical (unpaired) electrons. The van der Waals surface area contributed by atoms with Crippen molar-refractivity contribution in [3.8, 4) is 0 Å². The van der Waals surface area contributed by atoms with Crippen LogP contribution in [0.25, 0.3) is 0 Å². The number of allylic oxidation sites excluding steroid dienone is 4. The molecular formula is C20H21F4NO3S. The lowest BCUT2D eigenvalue weighted by Crippen LogP contribution is -2.38. The molecule has 0 saturated carbocycles. The van der Waals surface area contributed by atoms with Gasteiger partial charge in [0.25, 0.3) is 0 Å². The quantitative estimate of drug-likeness (QED) is 0.697. The zero-order valence-corrected chi connectivity index (χ0v) is 16.3. The zero-order valence-electron chi connectivity index (χ0n) is 15.5. The largest absolute Gasteiger partial charge is 0.408 e. The Balaban J connectivity index is 1.94. The summed E-state index contributed by atoms with van der Waals surface area (Å²) in [6.07, 6.45) is 3.53. The van der Waals surface area contributed by atoms with Crippen molar-refractivity contribution in [2.45, 2.75) is 31.5 Å². The van der Waals surface area contributed by atoms with Crippen molar-refractivity contribution in [2.75, 3.05) is 13.2 Å². The molecule has 1 atom stereocenters. The highest BCUT2D eigenvalue weighted by Gasteiger charge is 2.43. The molecule has 1 N–H and O–H groups in total. The van der Waals surface area contributed by atoms with Crippen molar-refractivity contribution >= 4 is 10.0 Å². The number of alkyl halides is 3. The van der Waals surface area contributed by atoms with Crippen molar-refractivity contribution in [1.82, 2.24) is 4.72 Å². The molecule has 0 bridgehead atoms. The van der Waals surface area contributed by atoms with Crippen LogP contribution in [0.1, 0.15) is 30.9 Å². The SMILES string of the molecule is O=S(=O)(NC(c1ccc(F)cc1)C(F)(F)F)C1=CCCC/C=C/C(C2COC2)=C1. The lowest BCUT2D eigenvalue weighted by Gasteiger charge is -2.27. The summed E-state index contributed by atoms with van der Waals surface area (Å²) < 4.78 is 86.6. The van der Waals surface area contributed by atoms with E-state index in [1.165, 1.54) is 12.2 Å². The van der Waals surface area contributed by atoms with Gasteiger partial charge in [-0.2, -0.15) is 17.9 Å². The summed E-state index contributed by atoms with van der Waals surface area (Å²) in [6.45, 7) is 0.884. The van der Waals surface area contributed by atoms with Gasteiger partial charge in [-0.15, -0.1) is 0 Å². The van der Waals surface area contributed by atoms with E-state index < -0.39 is 28.1 Å². The first-order valence-electron chi connectivity index (χ1n) is 9.17. The van der Waals surface area contributed by atoms with Gasteiger partial charge >= 0.3 is 6.18 Å². The van der Waals surface area contributed by atoms with Gasteiger partial charge in [-0.05, 0) is 48.6 Å². The first kappa shape index (κ1) is 21.7. The summed E-state index contributed by atoms with van der Waals surface area (Å²) in [5, 5.41) is 0. The van der Waals surface area contributed by atoms with Gasteiger partial charge in [-0.1, -0.05) is 30.4 Å². The average molecular weight is 431 g/mol. The number of halogens is 4. The van der Waals surface area contributed by atoms with Crippen LogP contribution >= 0.6 is 0 Å². The lowest BCUT2D eigenvalue weighted by molar-refractivity contribution is -0.153. The van der Waals surface area contributed by atoms with E-state index in [-0.39, 0.29) is 16.4 Å². The second-order valence-corrected chi connectivity index (χ2v) is 8.68. The number of sulfonamides is 1. The molecule has 1 fully saturated rings. The van der Waals surface area contributed by atoms with Crippen molar-refractivity contribution in [1.29, 1.82) is 0 Å². The van der Waals surface area contributed by atoms with E-state index in [1.807, 2.05) is 12.2 Å². The Kier molecular flexibility index (Phi) is 6.60. The molecule has 1 saturated heterocycles. The smallest absolute Gasteiger partial charge is 0.380 e. The Labute approximate surface area is 167 Å². The number of hydrogen-bond acceptors (Lipinski definition) is 3. The summed E-state index contributed by atoms with van der Waals surface area (Å²) >= 11 is 0. The van der Waals surface area contributed by atoms with Gasteiger partial charge in [0.2, 0.25) is 10.0 Å². The first-order valence-corrected chi connectivity index (χ1v) is 10.7. The van der Waals surface area contributed by atoms with Gasteiger partial charge in [0.1, 0.15) is 11.9 Å². The molecule has 0 spiro atoms. The van der Waals surface area contributed by atoms with Crippen LogP contribution in [-0.4, -0.2) is 27.8 Å². The van der Waals surface area contributed by atoms with E-state index in [0.717, 1.165) is 30.7 Å². The number of ether oxygens (including phenoxy) is 1. The van der Waals surface area contributed by atoms with Crippen LogP contribution in [0, 0.1) is 11.7 Å². The van der Waals surface area contributed by atoms with E-state index in [9.17, 15) is 26.0 Å². The molecule has 1 unspecified atom stereocenters. The summed E-state index contributed by atoms with van der Waals surface area (Å²) in [5.74, 6) is -0.697. The van der Waals surface area contributed by atoms with Gasteiger partial charge in [0.15, 0.2) is 0 Å². The third-order valence-electron chi connectivity index (χ3n) is 4.76. The molecular weight excluding hydrogens is 410 g/mol. The highest BCUT2D eigenvalue weighted by atomic mass is 32.2. The average Bonchev–Trinajstić information content (AvgIpc) is 2.71. The maximum absolute atomic E-state index is 13.6. The molecule has 29 heavy (non-hydrogen) atoms. The standard InChI is InChI=1S/C20H21F4NO3S/c21-17-9-7-14(8-10-17)19(20(22,23)24)25-29(26,27)18-6-4-2-1-3-5-15(11-18)16-12-28-13-16/h3,5-11,16,19,25H,1-2,4,12-13H2/b5-3+,15-11?,18-6?. The zero-order chi connectivity index (χ0) is 21.1. The molecule has 0 amide bonds. The highest BCUT2D eigenvalue weighted by molar-refractivity contribution is 7.93. The molecule has 158 valence electrons. The maximum atomic E-state index is 13.6. The number of nitrogens with one attached hydrogen (secondary N) is 1. The molecule has 0 aromatic heterocycles. The number of benzene rings is 1. The summed E-state index contributed by atoms with van der Waals surface area (Å²) in [6, 6.07) is 1.08. The highest BCUT2D eigenvalue weighted by Crippen LogP contribution is 2.35. The minimum absolute atomic E-state index is 0.0125. The normalized spacial score (nSPS) is 21.1. The van der Waals surface area contributed by atoms with E-state index in [2.05, 4.69) is 0 Å². The minimum Gasteiger partial charge on any atom is -0.380 e. The predicted molar refractivity (Wildman–Crippen MR) is 101 cm³/mol. The van der Waals surface area contributed by atoms with Gasteiger partial charge in [-0.25, -0.2) is 12.8 Å². The first-order chi connectivity index (χ1) is 13.7. The van der Waals surface area contributed by atoms with Gasteiger partial charge in [-0.3, -0.25) is 0 Å². The van der Waals surface area contributed by atoms with E-state index in [0.29, 0.717) is 31.6 Å². The Morgan fingerprint density at radius 3 is 2.38 bits per heavy atom. The monoisotopic (exact) mass is 431 g/mol. The molecule has 1 aliphatic carbocycles. The molecule has 2 aliphatic rings. The third-order valence-corrected chi connectivity index (χ3v) is 6.21. The number of rotatable bonds is 5. The van der Waals surface area contributed by atoms with Crippen LogP contribution in [0.4, 0.5) is 17.6 Å². The van der Waals surface area contributed by atoms with E-state index >= 15 is 0 Å². The van der Waals surface area contributed by atoms with Crippen molar-refractivity contribution in [3.63, 3.8) is 0 Å². The van der Waals surface area contributed by atoms with Gasteiger partial charge in [0, 0.05) is 5.92 Å². The Morgan fingerprint density at radius 1 is 1.10 bits per heavy atom. The molecule has 9 heteroatoms. The van der Waals surface area contributed by atoms with Crippen molar-refractivity contribution in [2.24, 2.45) is 5.92 Å². The van der Waals surface area contributed by atoms with Crippen LogP contribution in [0.2, 0.25) is 0 Å². The fourth-order valence-electron chi connectivity index (χ4n) is 3.04. The van der Waals surface area contributed by atoms with Crippen molar-refractivity contribution < 1.29 is 30.7 Å². The predicted octanol–water partition coefficient (Wildman–Crippen LogP) is 4.55. The summed E-state index contributed by atoms with van der Waals surface area (Å²) in [7, 11) is -4.48. The van der Waals surface area contributed by atoms with Crippen LogP contribution in [0.5, 0.6) is 0 Å². The Hall–Kier alpha value is -1.97. The third kappa shape index (κ3) is 5.55. The topological polar surface area (TPSA) is 55.4 Å². The fraction of sp³-hybridized carbons (Fsp3) is 0.400. The maximum Gasteiger partial charge on any atom is 0.408 e. The van der Waals surface area contributed by atoms with Gasteiger partial charge in [0.05, 0.1) is 18.1 Å². The molecule has 3 rings (SSSR count). The molecule has 1 aliphatic heterocycles. The fourth-order valence-corrected chi connectivity index (χ4v) is 4.39. The Morgan fingerprint density at radius 2 is 1.79 bits per heavy atom. The molecule has 1 aromatic rings. The lowest BCUT2D eigenvalue weighted by atomic mass is 9.96. The number of hydrogen-bond donors (Lipinski definition) is 1. The van der Waals surface area contributed by atoms with Crippen LogP contribution in [0.15, 0.2) is 59.0 Å². The summed E-state index contributed by atoms with van der Waals surface area (Å²) in [4.78, 5) is -0.206. The van der Waals surface area contributed by atoms with E-state index in [1.54, 1.807) is 4.72 Å². The molecule has 1 heterocycles. The van der Waals surface area contributed by atoms with Crippen LogP contribution in [0.3, 0.4) is 0 Å². The molecule has 1 aromatic carbocycles. The minimum atomic E-state index is -4.89.